The summed E-state index contributed by atoms with van der Waals surface area (Å²) in [5, 5.41) is 0. The first kappa shape index (κ1) is 17.2. The maximum atomic E-state index is 2.24. The average Bonchev–Trinajstić information content (AvgIpc) is 2.63. The minimum absolute atomic E-state index is 1.14. The summed E-state index contributed by atoms with van der Waals surface area (Å²) < 4.78 is 0. The molecule has 25 heavy (non-hydrogen) atoms. The van der Waals surface area contributed by atoms with E-state index < -0.39 is 0 Å². The van der Waals surface area contributed by atoms with Gasteiger partial charge in [0, 0.05) is 0 Å². The summed E-state index contributed by atoms with van der Waals surface area (Å²) in [4.78, 5) is 0. The van der Waals surface area contributed by atoms with Crippen LogP contribution in [0.25, 0.3) is 28.3 Å². The molecule has 0 amide bonds. The fourth-order valence-corrected chi connectivity index (χ4v) is 3.15. The zero-order valence-electron chi connectivity index (χ0n) is 15.4. The topological polar surface area (TPSA) is 0 Å². The largest absolute Gasteiger partial charge is 0.0840 e. The highest BCUT2D eigenvalue weighted by Gasteiger charge is 2.03. The molecule has 0 aliphatic carbocycles. The lowest BCUT2D eigenvalue weighted by Gasteiger charge is -2.09. The maximum Gasteiger partial charge on any atom is -0.0155 e. The van der Waals surface area contributed by atoms with Crippen molar-refractivity contribution in [3.63, 3.8) is 0 Å². The van der Waals surface area contributed by atoms with E-state index in [9.17, 15) is 0 Å². The van der Waals surface area contributed by atoms with Gasteiger partial charge in [-0.1, -0.05) is 97.8 Å². The third-order valence-electron chi connectivity index (χ3n) is 4.59. The smallest absolute Gasteiger partial charge is 0.0155 e. The number of aryl methyl sites for hydroxylation is 2. The molecule has 0 unspecified atom stereocenters. The van der Waals surface area contributed by atoms with Gasteiger partial charge < -0.3 is 0 Å². The fraction of sp³-hybridized carbons (Fsp3) is 0.200. The van der Waals surface area contributed by atoms with Crippen molar-refractivity contribution in [2.24, 2.45) is 0 Å². The Morgan fingerprint density at radius 2 is 1.32 bits per heavy atom. The van der Waals surface area contributed by atoms with E-state index >= 15 is 0 Å². The Hall–Kier alpha value is -2.60. The fourth-order valence-electron chi connectivity index (χ4n) is 3.15. The van der Waals surface area contributed by atoms with Crippen molar-refractivity contribution in [3.8, 4) is 22.3 Å². The maximum absolute atomic E-state index is 2.24. The lowest BCUT2D eigenvalue weighted by atomic mass is 9.96. The van der Waals surface area contributed by atoms with Crippen LogP contribution in [0.2, 0.25) is 0 Å². The van der Waals surface area contributed by atoms with Crippen molar-refractivity contribution in [3.05, 3.63) is 89.5 Å². The standard InChI is InChI=1S/C25H26/c1-4-5-6-7-21-9-11-22(12-10-21)23-13-15-24(16-14-23)25-17-8-19(2)18-20(25)3/h6-18H,4-5H2,1-3H3/b7-6+. The molecule has 126 valence electrons. The van der Waals surface area contributed by atoms with Crippen LogP contribution in [0.3, 0.4) is 0 Å². The van der Waals surface area contributed by atoms with E-state index in [1.54, 1.807) is 0 Å². The highest BCUT2D eigenvalue weighted by atomic mass is 14.1. The van der Waals surface area contributed by atoms with Gasteiger partial charge in [0.2, 0.25) is 0 Å². The Morgan fingerprint density at radius 1 is 0.720 bits per heavy atom. The predicted molar refractivity (Wildman–Crippen MR) is 111 cm³/mol. The zero-order chi connectivity index (χ0) is 17.6. The summed E-state index contributed by atoms with van der Waals surface area (Å²) in [5.41, 5.74) is 9.03. The van der Waals surface area contributed by atoms with Crippen molar-refractivity contribution < 1.29 is 0 Å². The van der Waals surface area contributed by atoms with E-state index in [2.05, 4.69) is 99.7 Å². The molecule has 0 fully saturated rings. The van der Waals surface area contributed by atoms with Gasteiger partial charge in [-0.25, -0.2) is 0 Å². The molecule has 0 radical (unpaired) electrons. The molecule has 0 heteroatoms. The molecule has 0 aliphatic heterocycles. The van der Waals surface area contributed by atoms with Crippen LogP contribution in [0.4, 0.5) is 0 Å². The van der Waals surface area contributed by atoms with Gasteiger partial charge in [-0.05, 0) is 53.6 Å². The second kappa shape index (κ2) is 7.98. The zero-order valence-corrected chi connectivity index (χ0v) is 15.4. The van der Waals surface area contributed by atoms with E-state index in [1.165, 1.54) is 45.4 Å². The monoisotopic (exact) mass is 326 g/mol. The van der Waals surface area contributed by atoms with Crippen LogP contribution in [-0.2, 0) is 0 Å². The Bertz CT molecular complexity index is 850. The molecule has 3 aromatic rings. The van der Waals surface area contributed by atoms with Crippen molar-refractivity contribution in [2.75, 3.05) is 0 Å². The van der Waals surface area contributed by atoms with E-state index in [-0.39, 0.29) is 0 Å². The van der Waals surface area contributed by atoms with Gasteiger partial charge >= 0.3 is 0 Å². The van der Waals surface area contributed by atoms with E-state index in [4.69, 9.17) is 0 Å². The van der Waals surface area contributed by atoms with Gasteiger partial charge in [0.25, 0.3) is 0 Å². The van der Waals surface area contributed by atoms with E-state index in [1.807, 2.05) is 0 Å². The lowest BCUT2D eigenvalue weighted by molar-refractivity contribution is 0.962. The summed E-state index contributed by atoms with van der Waals surface area (Å²) in [6.45, 7) is 6.53. The van der Waals surface area contributed by atoms with Crippen molar-refractivity contribution in [2.45, 2.75) is 33.6 Å². The molecule has 0 saturated carbocycles. The van der Waals surface area contributed by atoms with Crippen LogP contribution in [-0.4, -0.2) is 0 Å². The molecule has 3 aromatic carbocycles. The quantitative estimate of drug-likeness (QED) is 0.456. The van der Waals surface area contributed by atoms with Crippen molar-refractivity contribution in [1.82, 2.24) is 0 Å². The second-order valence-corrected chi connectivity index (χ2v) is 6.71. The van der Waals surface area contributed by atoms with Crippen LogP contribution >= 0.6 is 0 Å². The van der Waals surface area contributed by atoms with Crippen molar-refractivity contribution >= 4 is 6.08 Å². The third-order valence-corrected chi connectivity index (χ3v) is 4.59. The summed E-state index contributed by atoms with van der Waals surface area (Å²) in [6, 6.07) is 24.3. The Balaban J connectivity index is 1.80. The van der Waals surface area contributed by atoms with Crippen LogP contribution in [0.1, 0.15) is 36.5 Å². The normalized spacial score (nSPS) is 11.2. The first-order valence-electron chi connectivity index (χ1n) is 9.12. The molecule has 0 saturated heterocycles. The van der Waals surface area contributed by atoms with E-state index in [0.717, 1.165) is 6.42 Å². The molecule has 0 atom stereocenters. The minimum atomic E-state index is 1.14. The summed E-state index contributed by atoms with van der Waals surface area (Å²) >= 11 is 0. The highest BCUT2D eigenvalue weighted by Crippen LogP contribution is 2.27. The van der Waals surface area contributed by atoms with Gasteiger partial charge in [0.15, 0.2) is 0 Å². The first-order valence-corrected chi connectivity index (χ1v) is 9.12. The van der Waals surface area contributed by atoms with Crippen LogP contribution in [0.15, 0.2) is 72.8 Å². The molecule has 3 rings (SSSR count). The molecule has 0 heterocycles. The van der Waals surface area contributed by atoms with E-state index in [0.29, 0.717) is 0 Å². The molecule has 0 N–H and O–H groups in total. The Morgan fingerprint density at radius 3 is 1.92 bits per heavy atom. The number of benzene rings is 3. The minimum Gasteiger partial charge on any atom is -0.0840 e. The summed E-state index contributed by atoms with van der Waals surface area (Å²) in [6.07, 6.45) is 6.79. The molecule has 0 spiro atoms. The molecular formula is C25H26. The molecule has 0 bridgehead atoms. The number of hydrogen-bond donors (Lipinski definition) is 0. The summed E-state index contributed by atoms with van der Waals surface area (Å²) in [7, 11) is 0. The lowest BCUT2D eigenvalue weighted by Crippen LogP contribution is -1.85. The van der Waals surface area contributed by atoms with Gasteiger partial charge in [-0.15, -0.1) is 0 Å². The average molecular weight is 326 g/mol. The van der Waals surface area contributed by atoms with Gasteiger partial charge in [0.1, 0.15) is 0 Å². The molecule has 0 nitrogen and oxygen atoms in total. The van der Waals surface area contributed by atoms with Crippen LogP contribution in [0, 0.1) is 13.8 Å². The Kier molecular flexibility index (Phi) is 5.50. The number of hydrogen-bond acceptors (Lipinski definition) is 0. The molecule has 0 aromatic heterocycles. The first-order chi connectivity index (χ1) is 12.2. The van der Waals surface area contributed by atoms with Crippen LogP contribution in [0.5, 0.6) is 0 Å². The van der Waals surface area contributed by atoms with Gasteiger partial charge in [0.05, 0.1) is 0 Å². The van der Waals surface area contributed by atoms with Gasteiger partial charge in [-0.2, -0.15) is 0 Å². The number of allylic oxidation sites excluding steroid dienone is 1. The van der Waals surface area contributed by atoms with Crippen molar-refractivity contribution in [1.29, 1.82) is 0 Å². The third kappa shape index (κ3) is 4.28. The predicted octanol–water partition coefficient (Wildman–Crippen LogP) is 7.45. The second-order valence-electron chi connectivity index (χ2n) is 6.71. The molecular weight excluding hydrogens is 300 g/mol. The number of rotatable bonds is 5. The SMILES string of the molecule is CCC/C=C/c1ccc(-c2ccc(-c3ccc(C)cc3C)cc2)cc1. The van der Waals surface area contributed by atoms with Gasteiger partial charge in [-0.3, -0.25) is 0 Å². The Labute approximate surface area is 151 Å². The number of unbranched alkanes of at least 4 members (excludes halogenated alkanes) is 1. The van der Waals surface area contributed by atoms with Crippen LogP contribution < -0.4 is 0 Å². The highest BCUT2D eigenvalue weighted by molar-refractivity contribution is 5.73. The summed E-state index contributed by atoms with van der Waals surface area (Å²) in [5.74, 6) is 0. The molecule has 0 aliphatic rings.